The summed E-state index contributed by atoms with van der Waals surface area (Å²) < 4.78 is 12.0. The molecule has 4 aliphatic rings. The van der Waals surface area contributed by atoms with Gasteiger partial charge in [-0.3, -0.25) is 0 Å². The summed E-state index contributed by atoms with van der Waals surface area (Å²) in [6, 6.07) is 0. The first-order valence-electron chi connectivity index (χ1n) is 7.05. The van der Waals surface area contributed by atoms with Crippen LogP contribution in [0.5, 0.6) is 0 Å². The van der Waals surface area contributed by atoms with E-state index in [2.05, 4.69) is 13.5 Å². The lowest BCUT2D eigenvalue weighted by atomic mass is 9.77. The Balaban J connectivity index is 1.63. The molecular weight excluding hydrogens is 228 g/mol. The third-order valence-electron chi connectivity index (χ3n) is 5.86. The van der Waals surface area contributed by atoms with Gasteiger partial charge in [-0.1, -0.05) is 6.58 Å². The third-order valence-corrected chi connectivity index (χ3v) is 5.86. The molecule has 0 aromatic heterocycles. The van der Waals surface area contributed by atoms with Gasteiger partial charge in [0.2, 0.25) is 0 Å². The van der Waals surface area contributed by atoms with Gasteiger partial charge in [0, 0.05) is 11.5 Å². The zero-order chi connectivity index (χ0) is 12.7. The highest BCUT2D eigenvalue weighted by molar-refractivity contribution is 5.87. The Labute approximate surface area is 108 Å². The van der Waals surface area contributed by atoms with E-state index < -0.39 is 0 Å². The van der Waals surface area contributed by atoms with Gasteiger partial charge in [0.05, 0.1) is 11.7 Å². The first-order chi connectivity index (χ1) is 8.51. The molecule has 4 rings (SSSR count). The van der Waals surface area contributed by atoms with Crippen LogP contribution in [0.25, 0.3) is 0 Å². The number of rotatable bonds is 2. The summed E-state index contributed by atoms with van der Waals surface area (Å²) >= 11 is 0. The van der Waals surface area contributed by atoms with Gasteiger partial charge in [0.1, 0.15) is 6.10 Å². The standard InChI is InChI=1S/C15H20O3/c1-7(2)14(16)17-12-9-6-10-11-8(9)4-5-15(11,3)18-13(10)12/h8-13H,1,4-6H2,2-3H3. The minimum absolute atomic E-state index is 0.0115. The van der Waals surface area contributed by atoms with Gasteiger partial charge in [-0.25, -0.2) is 4.79 Å². The minimum atomic E-state index is -0.249. The van der Waals surface area contributed by atoms with E-state index in [1.807, 2.05) is 0 Å². The van der Waals surface area contributed by atoms with Gasteiger partial charge in [-0.15, -0.1) is 0 Å². The van der Waals surface area contributed by atoms with Crippen LogP contribution in [0.4, 0.5) is 0 Å². The van der Waals surface area contributed by atoms with Crippen LogP contribution in [0.1, 0.15) is 33.1 Å². The Morgan fingerprint density at radius 2 is 2.17 bits per heavy atom. The molecule has 18 heavy (non-hydrogen) atoms. The van der Waals surface area contributed by atoms with Crippen LogP contribution in [0, 0.1) is 23.7 Å². The van der Waals surface area contributed by atoms with E-state index >= 15 is 0 Å². The van der Waals surface area contributed by atoms with E-state index in [0.717, 1.165) is 11.8 Å². The quantitative estimate of drug-likeness (QED) is 0.555. The van der Waals surface area contributed by atoms with Crippen molar-refractivity contribution in [2.45, 2.75) is 50.9 Å². The lowest BCUT2D eigenvalue weighted by Crippen LogP contribution is -2.40. The number of carbonyl (C=O) groups is 1. The number of hydrogen-bond donors (Lipinski definition) is 0. The Morgan fingerprint density at radius 3 is 2.89 bits per heavy atom. The maximum absolute atomic E-state index is 11.8. The largest absolute Gasteiger partial charge is 0.456 e. The molecule has 0 spiro atoms. The average Bonchev–Trinajstić information content (AvgIpc) is 2.94. The van der Waals surface area contributed by atoms with E-state index in [-0.39, 0.29) is 23.8 Å². The molecule has 2 bridgehead atoms. The smallest absolute Gasteiger partial charge is 0.333 e. The number of ether oxygens (including phenoxy) is 2. The molecule has 1 heterocycles. The van der Waals surface area contributed by atoms with Crippen molar-refractivity contribution in [2.75, 3.05) is 0 Å². The Morgan fingerprint density at radius 1 is 1.39 bits per heavy atom. The molecule has 1 aliphatic heterocycles. The molecule has 0 aromatic carbocycles. The molecule has 1 saturated heterocycles. The second-order valence-electron chi connectivity index (χ2n) is 6.84. The van der Waals surface area contributed by atoms with E-state index in [0.29, 0.717) is 17.4 Å². The van der Waals surface area contributed by atoms with Gasteiger partial charge in [0.25, 0.3) is 0 Å². The fourth-order valence-corrected chi connectivity index (χ4v) is 5.32. The summed E-state index contributed by atoms with van der Waals surface area (Å²) in [4.78, 5) is 11.8. The van der Waals surface area contributed by atoms with Crippen molar-refractivity contribution in [1.29, 1.82) is 0 Å². The first-order valence-corrected chi connectivity index (χ1v) is 7.05. The normalized spacial score (nSPS) is 55.0. The molecule has 0 radical (unpaired) electrons. The van der Waals surface area contributed by atoms with E-state index in [1.165, 1.54) is 19.3 Å². The summed E-state index contributed by atoms with van der Waals surface area (Å²) in [6.45, 7) is 7.64. The van der Waals surface area contributed by atoms with E-state index in [4.69, 9.17) is 9.47 Å². The maximum Gasteiger partial charge on any atom is 0.333 e. The van der Waals surface area contributed by atoms with Gasteiger partial charge in [-0.2, -0.15) is 0 Å². The Hall–Kier alpha value is -0.830. The van der Waals surface area contributed by atoms with E-state index in [9.17, 15) is 4.79 Å². The highest BCUT2D eigenvalue weighted by atomic mass is 16.6. The molecule has 3 saturated carbocycles. The van der Waals surface area contributed by atoms with Gasteiger partial charge >= 0.3 is 5.97 Å². The average molecular weight is 248 g/mol. The molecule has 98 valence electrons. The summed E-state index contributed by atoms with van der Waals surface area (Å²) in [5.74, 6) is 2.38. The molecule has 3 aliphatic carbocycles. The van der Waals surface area contributed by atoms with Crippen molar-refractivity contribution in [3.8, 4) is 0 Å². The van der Waals surface area contributed by atoms with Crippen LogP contribution < -0.4 is 0 Å². The van der Waals surface area contributed by atoms with Gasteiger partial charge in [0.15, 0.2) is 0 Å². The lowest BCUT2D eigenvalue weighted by molar-refractivity contribution is -0.158. The third kappa shape index (κ3) is 1.12. The summed E-state index contributed by atoms with van der Waals surface area (Å²) in [6.07, 6.45) is 3.78. The van der Waals surface area contributed by atoms with Crippen LogP contribution in [-0.2, 0) is 14.3 Å². The van der Waals surface area contributed by atoms with Gasteiger partial charge < -0.3 is 9.47 Å². The van der Waals surface area contributed by atoms with E-state index in [1.54, 1.807) is 6.92 Å². The van der Waals surface area contributed by atoms with Crippen LogP contribution in [-0.4, -0.2) is 23.8 Å². The highest BCUT2D eigenvalue weighted by Gasteiger charge is 2.72. The predicted molar refractivity (Wildman–Crippen MR) is 65.8 cm³/mol. The minimum Gasteiger partial charge on any atom is -0.456 e. The van der Waals surface area contributed by atoms with Crippen molar-refractivity contribution >= 4 is 5.97 Å². The fourth-order valence-electron chi connectivity index (χ4n) is 5.32. The second-order valence-corrected chi connectivity index (χ2v) is 6.84. The topological polar surface area (TPSA) is 35.5 Å². The van der Waals surface area contributed by atoms with Crippen LogP contribution in [0.3, 0.4) is 0 Å². The number of fused-ring (bicyclic) bond motifs is 2. The summed E-state index contributed by atoms with van der Waals surface area (Å²) in [5.41, 5.74) is 0.558. The Bertz CT molecular complexity index is 435. The molecule has 7 atom stereocenters. The predicted octanol–water partition coefficient (Wildman–Crippen LogP) is 2.31. The first kappa shape index (κ1) is 11.0. The van der Waals surface area contributed by atoms with Crippen molar-refractivity contribution < 1.29 is 14.3 Å². The summed E-state index contributed by atoms with van der Waals surface area (Å²) in [7, 11) is 0. The van der Waals surface area contributed by atoms with Crippen molar-refractivity contribution in [3.05, 3.63) is 12.2 Å². The molecule has 0 amide bonds. The molecule has 7 unspecified atom stereocenters. The van der Waals surface area contributed by atoms with Crippen molar-refractivity contribution in [3.63, 3.8) is 0 Å². The SMILES string of the molecule is C=C(C)C(=O)OC1C2CC3C1OC1(C)CCC2C31. The highest BCUT2D eigenvalue weighted by Crippen LogP contribution is 2.69. The molecule has 3 nitrogen and oxygen atoms in total. The lowest BCUT2D eigenvalue weighted by Gasteiger charge is -2.31. The summed E-state index contributed by atoms with van der Waals surface area (Å²) in [5, 5.41) is 0. The Kier molecular flexibility index (Phi) is 1.95. The number of esters is 1. The molecule has 4 fully saturated rings. The van der Waals surface area contributed by atoms with Gasteiger partial charge in [-0.05, 0) is 50.9 Å². The monoisotopic (exact) mass is 248 g/mol. The molecule has 0 N–H and O–H groups in total. The zero-order valence-corrected chi connectivity index (χ0v) is 11.0. The van der Waals surface area contributed by atoms with Crippen LogP contribution in [0.15, 0.2) is 12.2 Å². The maximum atomic E-state index is 11.8. The number of carbonyl (C=O) groups excluding carboxylic acids is 1. The molecule has 0 aromatic rings. The van der Waals surface area contributed by atoms with Crippen LogP contribution in [0.2, 0.25) is 0 Å². The zero-order valence-electron chi connectivity index (χ0n) is 11.0. The second kappa shape index (κ2) is 3.19. The van der Waals surface area contributed by atoms with Crippen molar-refractivity contribution in [2.24, 2.45) is 23.7 Å². The fraction of sp³-hybridized carbons (Fsp3) is 0.800. The molecule has 3 heteroatoms. The number of hydrogen-bond acceptors (Lipinski definition) is 3. The van der Waals surface area contributed by atoms with Crippen LogP contribution >= 0.6 is 0 Å². The molecular formula is C15H20O3. The van der Waals surface area contributed by atoms with Crippen molar-refractivity contribution in [1.82, 2.24) is 0 Å².